The standard InChI is InChI=1S/C28H29N5O4/c1-32(2)23(34)14-15-33(3)21-12-10-20(11-13-21)30-25(18-8-6-5-7-9-18)24-26-22(31-27(24)35)16-19(17-29-26)28(36)37-4/h5-13,16-17,30H,14-15H2,1-4H3,(H,31,35)/b25-24-. The Morgan fingerprint density at radius 3 is 2.35 bits per heavy atom. The van der Waals surface area contributed by atoms with Crippen LogP contribution in [0, 0.1) is 0 Å². The van der Waals surface area contributed by atoms with Crippen molar-refractivity contribution in [2.75, 3.05) is 50.3 Å². The molecule has 4 rings (SSSR count). The Morgan fingerprint density at radius 2 is 1.70 bits per heavy atom. The zero-order valence-electron chi connectivity index (χ0n) is 21.2. The van der Waals surface area contributed by atoms with E-state index >= 15 is 0 Å². The van der Waals surface area contributed by atoms with Gasteiger partial charge in [-0.25, -0.2) is 4.79 Å². The van der Waals surface area contributed by atoms with Crippen LogP contribution in [0.5, 0.6) is 0 Å². The van der Waals surface area contributed by atoms with E-state index in [2.05, 4.69) is 15.6 Å². The summed E-state index contributed by atoms with van der Waals surface area (Å²) in [6, 6.07) is 18.8. The van der Waals surface area contributed by atoms with Gasteiger partial charge in [-0.1, -0.05) is 30.3 Å². The van der Waals surface area contributed by atoms with Crippen LogP contribution in [-0.2, 0) is 14.3 Å². The number of rotatable bonds is 8. The molecule has 0 aliphatic carbocycles. The molecule has 2 aromatic carbocycles. The van der Waals surface area contributed by atoms with E-state index in [1.165, 1.54) is 13.3 Å². The van der Waals surface area contributed by atoms with Gasteiger partial charge in [0, 0.05) is 51.7 Å². The molecule has 0 spiro atoms. The molecule has 2 heterocycles. The molecule has 0 unspecified atom stereocenters. The van der Waals surface area contributed by atoms with E-state index < -0.39 is 5.97 Å². The van der Waals surface area contributed by atoms with Gasteiger partial charge in [-0.15, -0.1) is 0 Å². The minimum Gasteiger partial charge on any atom is -0.465 e. The molecule has 0 radical (unpaired) electrons. The van der Waals surface area contributed by atoms with Crippen molar-refractivity contribution in [1.29, 1.82) is 0 Å². The van der Waals surface area contributed by atoms with Gasteiger partial charge in [-0.3, -0.25) is 14.6 Å². The first-order chi connectivity index (χ1) is 17.8. The van der Waals surface area contributed by atoms with Crippen molar-refractivity contribution in [1.82, 2.24) is 9.88 Å². The third kappa shape index (κ3) is 5.61. The number of anilines is 3. The number of amides is 2. The number of pyridine rings is 1. The molecule has 37 heavy (non-hydrogen) atoms. The first kappa shape index (κ1) is 25.4. The molecule has 0 saturated carbocycles. The molecule has 0 bridgehead atoms. The second kappa shape index (κ2) is 10.9. The van der Waals surface area contributed by atoms with Crippen LogP contribution in [0.3, 0.4) is 0 Å². The zero-order valence-corrected chi connectivity index (χ0v) is 21.2. The fourth-order valence-corrected chi connectivity index (χ4v) is 3.96. The van der Waals surface area contributed by atoms with Crippen molar-refractivity contribution >= 4 is 46.1 Å². The number of benzene rings is 2. The first-order valence-corrected chi connectivity index (χ1v) is 11.8. The van der Waals surface area contributed by atoms with E-state index in [9.17, 15) is 14.4 Å². The molecular formula is C28H29N5O4. The van der Waals surface area contributed by atoms with Crippen LogP contribution < -0.4 is 15.5 Å². The summed E-state index contributed by atoms with van der Waals surface area (Å²) in [6.45, 7) is 0.597. The minimum atomic E-state index is -0.528. The number of fused-ring (bicyclic) bond motifs is 1. The number of carbonyl (C=O) groups is 3. The van der Waals surface area contributed by atoms with Crippen molar-refractivity contribution < 1.29 is 19.1 Å². The molecule has 1 aliphatic rings. The van der Waals surface area contributed by atoms with Gasteiger partial charge < -0.3 is 25.2 Å². The Hall–Kier alpha value is -4.66. The van der Waals surface area contributed by atoms with E-state index in [4.69, 9.17) is 4.74 Å². The second-order valence-corrected chi connectivity index (χ2v) is 8.81. The average molecular weight is 500 g/mol. The lowest BCUT2D eigenvalue weighted by Gasteiger charge is -2.21. The van der Waals surface area contributed by atoms with Crippen LogP contribution in [0.15, 0.2) is 66.9 Å². The molecule has 1 aliphatic heterocycles. The molecule has 1 aromatic heterocycles. The normalized spacial score (nSPS) is 13.4. The van der Waals surface area contributed by atoms with E-state index in [0.29, 0.717) is 35.6 Å². The number of esters is 1. The van der Waals surface area contributed by atoms with Crippen LogP contribution in [0.1, 0.15) is 28.0 Å². The SMILES string of the molecule is COC(=O)c1cnc2c(c1)NC(=O)/C2=C(\Nc1ccc(N(C)CCC(=O)N(C)C)cc1)c1ccccc1. The maximum absolute atomic E-state index is 13.1. The van der Waals surface area contributed by atoms with Crippen LogP contribution >= 0.6 is 0 Å². The quantitative estimate of drug-likeness (QED) is 0.360. The molecule has 2 N–H and O–H groups in total. The Kier molecular flexibility index (Phi) is 7.52. The van der Waals surface area contributed by atoms with E-state index in [1.807, 2.05) is 66.5 Å². The summed E-state index contributed by atoms with van der Waals surface area (Å²) in [6.07, 6.45) is 1.83. The first-order valence-electron chi connectivity index (χ1n) is 11.8. The monoisotopic (exact) mass is 499 g/mol. The summed E-state index contributed by atoms with van der Waals surface area (Å²) in [5, 5.41) is 6.21. The number of hydrogen-bond acceptors (Lipinski definition) is 7. The maximum Gasteiger partial charge on any atom is 0.339 e. The average Bonchev–Trinajstić information content (AvgIpc) is 3.24. The summed E-state index contributed by atoms with van der Waals surface area (Å²) in [5.74, 6) is -0.774. The van der Waals surface area contributed by atoms with Gasteiger partial charge in [-0.2, -0.15) is 0 Å². The number of methoxy groups -OCH3 is 1. The molecule has 0 atom stereocenters. The van der Waals surface area contributed by atoms with Crippen molar-refractivity contribution in [3.05, 3.63) is 83.7 Å². The van der Waals surface area contributed by atoms with Gasteiger partial charge in [-0.05, 0) is 35.9 Å². The molecule has 9 heteroatoms. The smallest absolute Gasteiger partial charge is 0.339 e. The highest BCUT2D eigenvalue weighted by Crippen LogP contribution is 2.36. The van der Waals surface area contributed by atoms with Crippen molar-refractivity contribution in [2.24, 2.45) is 0 Å². The Labute approximate surface area is 215 Å². The Morgan fingerprint density at radius 1 is 1.00 bits per heavy atom. The van der Waals surface area contributed by atoms with Gasteiger partial charge in [0.1, 0.15) is 5.69 Å². The Bertz CT molecular complexity index is 1350. The summed E-state index contributed by atoms with van der Waals surface area (Å²) in [4.78, 5) is 45.0. The highest BCUT2D eigenvalue weighted by atomic mass is 16.5. The Balaban J connectivity index is 1.65. The summed E-state index contributed by atoms with van der Waals surface area (Å²) in [5.41, 5.74) is 4.67. The summed E-state index contributed by atoms with van der Waals surface area (Å²) < 4.78 is 4.77. The predicted molar refractivity (Wildman–Crippen MR) is 144 cm³/mol. The lowest BCUT2D eigenvalue weighted by molar-refractivity contribution is -0.128. The fourth-order valence-electron chi connectivity index (χ4n) is 3.96. The van der Waals surface area contributed by atoms with E-state index in [1.54, 1.807) is 25.1 Å². The molecule has 0 fully saturated rings. The lowest BCUT2D eigenvalue weighted by atomic mass is 10.0. The van der Waals surface area contributed by atoms with E-state index in [0.717, 1.165) is 16.9 Å². The van der Waals surface area contributed by atoms with Crippen molar-refractivity contribution in [3.63, 3.8) is 0 Å². The maximum atomic E-state index is 13.1. The number of ether oxygens (including phenoxy) is 1. The van der Waals surface area contributed by atoms with Gasteiger partial charge in [0.15, 0.2) is 0 Å². The summed E-state index contributed by atoms with van der Waals surface area (Å²) >= 11 is 0. The minimum absolute atomic E-state index is 0.0757. The number of carbonyl (C=O) groups excluding carboxylic acids is 3. The van der Waals surface area contributed by atoms with Crippen molar-refractivity contribution in [3.8, 4) is 0 Å². The predicted octanol–water partition coefficient (Wildman–Crippen LogP) is 3.72. The van der Waals surface area contributed by atoms with E-state index in [-0.39, 0.29) is 17.4 Å². The highest BCUT2D eigenvalue weighted by molar-refractivity contribution is 6.37. The largest absolute Gasteiger partial charge is 0.465 e. The molecule has 0 saturated heterocycles. The number of nitrogens with zero attached hydrogens (tertiary/aromatic N) is 3. The lowest BCUT2D eigenvalue weighted by Crippen LogP contribution is -2.27. The van der Waals surface area contributed by atoms with Gasteiger partial charge in [0.2, 0.25) is 5.91 Å². The molecular weight excluding hydrogens is 470 g/mol. The highest BCUT2D eigenvalue weighted by Gasteiger charge is 2.31. The number of hydrogen-bond donors (Lipinski definition) is 2. The van der Waals surface area contributed by atoms with Crippen LogP contribution in [0.4, 0.5) is 17.1 Å². The number of nitrogens with one attached hydrogen (secondary N) is 2. The third-order valence-electron chi connectivity index (χ3n) is 6.07. The van der Waals surface area contributed by atoms with Gasteiger partial charge in [0.05, 0.1) is 29.6 Å². The van der Waals surface area contributed by atoms with Crippen LogP contribution in [-0.4, -0.2) is 62.5 Å². The zero-order chi connectivity index (χ0) is 26.5. The molecule has 190 valence electrons. The van der Waals surface area contributed by atoms with Crippen LogP contribution in [0.25, 0.3) is 11.3 Å². The molecule has 2 amide bonds. The summed E-state index contributed by atoms with van der Waals surface area (Å²) in [7, 11) is 6.73. The van der Waals surface area contributed by atoms with Crippen molar-refractivity contribution in [2.45, 2.75) is 6.42 Å². The van der Waals surface area contributed by atoms with Gasteiger partial charge >= 0.3 is 5.97 Å². The fraction of sp³-hybridized carbons (Fsp3) is 0.214. The number of aromatic nitrogens is 1. The molecule has 3 aromatic rings. The third-order valence-corrected chi connectivity index (χ3v) is 6.07. The van der Waals surface area contributed by atoms with Gasteiger partial charge in [0.25, 0.3) is 5.91 Å². The van der Waals surface area contributed by atoms with Crippen LogP contribution in [0.2, 0.25) is 0 Å². The second-order valence-electron chi connectivity index (χ2n) is 8.81. The molecule has 9 nitrogen and oxygen atoms in total. The topological polar surface area (TPSA) is 104 Å².